The summed E-state index contributed by atoms with van der Waals surface area (Å²) in [6.07, 6.45) is 4.88. The summed E-state index contributed by atoms with van der Waals surface area (Å²) in [5, 5.41) is 14.1. The van der Waals surface area contributed by atoms with Crippen molar-refractivity contribution < 1.29 is 18.1 Å². The smallest absolute Gasteiger partial charge is 0.270 e. The fourth-order valence-electron chi connectivity index (χ4n) is 4.50. The van der Waals surface area contributed by atoms with E-state index in [0.717, 1.165) is 43.4 Å². The molecule has 2 fully saturated rings. The number of carbonyl (C=O) groups excluding carboxylic acids is 1. The quantitative estimate of drug-likeness (QED) is 0.470. The second-order valence-electron chi connectivity index (χ2n) is 8.82. The molecule has 2 aliphatic heterocycles. The first-order valence-electron chi connectivity index (χ1n) is 11.5. The number of hydrogen-bond donors (Lipinski definition) is 1. The number of pyridine rings is 1. The van der Waals surface area contributed by atoms with Crippen molar-refractivity contribution in [1.29, 1.82) is 0 Å². The van der Waals surface area contributed by atoms with Crippen molar-refractivity contribution in [2.45, 2.75) is 44.0 Å². The Morgan fingerprint density at radius 3 is 2.53 bits per heavy atom. The predicted molar refractivity (Wildman–Crippen MR) is 127 cm³/mol. The number of carbonyl (C=O) groups is 1. The van der Waals surface area contributed by atoms with E-state index in [0.29, 0.717) is 24.9 Å². The highest BCUT2D eigenvalue weighted by Gasteiger charge is 2.33. The number of hydrogen-bond acceptors (Lipinski definition) is 7. The van der Waals surface area contributed by atoms with Gasteiger partial charge in [-0.25, -0.2) is 13.4 Å². The van der Waals surface area contributed by atoms with Crippen molar-refractivity contribution in [2.24, 2.45) is 5.92 Å². The molecule has 1 aromatic heterocycles. The van der Waals surface area contributed by atoms with Crippen LogP contribution in [0.1, 0.15) is 36.8 Å². The standard InChI is InChI=1S/C23H29N5O5S/c1-17-4-5-20(28(30)31)15-21(17)34(32,33)27-12-7-19(8-13-27)23(29)25-16-18-6-9-24-22(14-18)26-10-2-3-11-26/h4-6,9,14-15,19H,2-3,7-8,10-13,16H2,1H3,(H,25,29). The van der Waals surface area contributed by atoms with Crippen LogP contribution in [0, 0.1) is 23.0 Å². The van der Waals surface area contributed by atoms with Gasteiger partial charge in [-0.3, -0.25) is 14.9 Å². The molecule has 3 heterocycles. The van der Waals surface area contributed by atoms with E-state index in [4.69, 9.17) is 0 Å². The Kier molecular flexibility index (Phi) is 7.13. The van der Waals surface area contributed by atoms with E-state index >= 15 is 0 Å². The zero-order valence-corrected chi connectivity index (χ0v) is 20.0. The first-order chi connectivity index (χ1) is 16.3. The maximum absolute atomic E-state index is 13.1. The maximum atomic E-state index is 13.1. The molecular weight excluding hydrogens is 458 g/mol. The minimum absolute atomic E-state index is 0.0592. The van der Waals surface area contributed by atoms with E-state index < -0.39 is 14.9 Å². The van der Waals surface area contributed by atoms with Crippen LogP contribution in [0.4, 0.5) is 11.5 Å². The lowest BCUT2D eigenvalue weighted by Crippen LogP contribution is -2.43. The molecule has 0 radical (unpaired) electrons. The SMILES string of the molecule is Cc1ccc([N+](=O)[O-])cc1S(=O)(=O)N1CCC(C(=O)NCc2ccnc(N3CCCC3)c2)CC1. The molecule has 1 aromatic carbocycles. The van der Waals surface area contributed by atoms with E-state index in [-0.39, 0.29) is 35.5 Å². The molecule has 34 heavy (non-hydrogen) atoms. The highest BCUT2D eigenvalue weighted by molar-refractivity contribution is 7.89. The number of aryl methyl sites for hydroxylation is 1. The van der Waals surface area contributed by atoms with Crippen molar-refractivity contribution in [3.63, 3.8) is 0 Å². The van der Waals surface area contributed by atoms with Crippen molar-refractivity contribution in [3.05, 3.63) is 57.8 Å². The topological polar surface area (TPSA) is 126 Å². The van der Waals surface area contributed by atoms with Gasteiger partial charge >= 0.3 is 0 Å². The predicted octanol–water partition coefficient (Wildman–Crippen LogP) is 2.62. The molecule has 0 unspecified atom stereocenters. The summed E-state index contributed by atoms with van der Waals surface area (Å²) >= 11 is 0. The maximum Gasteiger partial charge on any atom is 0.270 e. The van der Waals surface area contributed by atoms with Crippen molar-refractivity contribution >= 4 is 27.4 Å². The molecule has 10 nitrogen and oxygen atoms in total. The van der Waals surface area contributed by atoms with Gasteiger partial charge in [0.2, 0.25) is 15.9 Å². The molecule has 1 amide bonds. The lowest BCUT2D eigenvalue weighted by molar-refractivity contribution is -0.385. The monoisotopic (exact) mass is 487 g/mol. The summed E-state index contributed by atoms with van der Waals surface area (Å²) < 4.78 is 27.5. The number of piperidine rings is 1. The third-order valence-electron chi connectivity index (χ3n) is 6.53. The Morgan fingerprint density at radius 1 is 1.15 bits per heavy atom. The molecule has 2 saturated heterocycles. The Morgan fingerprint density at radius 2 is 1.85 bits per heavy atom. The van der Waals surface area contributed by atoms with Crippen LogP contribution < -0.4 is 10.2 Å². The van der Waals surface area contributed by atoms with E-state index in [2.05, 4.69) is 15.2 Å². The Labute approximate surface area is 199 Å². The number of nitro groups is 1. The average Bonchev–Trinajstić information content (AvgIpc) is 3.38. The minimum Gasteiger partial charge on any atom is -0.357 e. The van der Waals surface area contributed by atoms with Crippen molar-refractivity contribution in [3.8, 4) is 0 Å². The van der Waals surface area contributed by atoms with Gasteiger partial charge in [0.05, 0.1) is 9.82 Å². The fraction of sp³-hybridized carbons (Fsp3) is 0.478. The van der Waals surface area contributed by atoms with E-state index in [1.807, 2.05) is 12.1 Å². The van der Waals surface area contributed by atoms with Gasteiger partial charge in [-0.2, -0.15) is 4.31 Å². The van der Waals surface area contributed by atoms with E-state index in [9.17, 15) is 23.3 Å². The Balaban J connectivity index is 1.34. The summed E-state index contributed by atoms with van der Waals surface area (Å²) in [6, 6.07) is 7.73. The molecule has 0 spiro atoms. The third kappa shape index (κ3) is 5.20. The van der Waals surface area contributed by atoms with Gasteiger partial charge < -0.3 is 10.2 Å². The van der Waals surface area contributed by atoms with Gasteiger partial charge in [0.25, 0.3) is 5.69 Å². The summed E-state index contributed by atoms with van der Waals surface area (Å²) in [5.41, 5.74) is 1.17. The number of aromatic nitrogens is 1. The number of rotatable bonds is 7. The number of benzene rings is 1. The van der Waals surface area contributed by atoms with Crippen LogP contribution >= 0.6 is 0 Å². The van der Waals surface area contributed by atoms with Gasteiger partial charge in [0.1, 0.15) is 5.82 Å². The fourth-order valence-corrected chi connectivity index (χ4v) is 6.22. The summed E-state index contributed by atoms with van der Waals surface area (Å²) in [6.45, 7) is 4.40. The molecule has 0 aliphatic carbocycles. The molecule has 0 atom stereocenters. The molecule has 4 rings (SSSR count). The molecule has 0 saturated carbocycles. The molecule has 182 valence electrons. The van der Waals surface area contributed by atoms with Gasteiger partial charge in [-0.1, -0.05) is 6.07 Å². The zero-order chi connectivity index (χ0) is 24.3. The summed E-state index contributed by atoms with van der Waals surface area (Å²) in [7, 11) is -3.88. The molecule has 2 aromatic rings. The van der Waals surface area contributed by atoms with Crippen LogP contribution in [0.15, 0.2) is 41.4 Å². The molecule has 2 aliphatic rings. The Bertz CT molecular complexity index is 1170. The van der Waals surface area contributed by atoms with E-state index in [1.165, 1.54) is 16.4 Å². The normalized spacial score (nSPS) is 17.6. The number of amides is 1. The number of nitrogens with one attached hydrogen (secondary N) is 1. The number of nitro benzene ring substituents is 1. The molecule has 11 heteroatoms. The van der Waals surface area contributed by atoms with Gasteiger partial charge in [-0.05, 0) is 55.9 Å². The number of nitrogens with zero attached hydrogens (tertiary/aromatic N) is 4. The van der Waals surface area contributed by atoms with Crippen LogP contribution in [0.5, 0.6) is 0 Å². The number of non-ortho nitro benzene ring substituents is 1. The second kappa shape index (κ2) is 10.1. The first kappa shape index (κ1) is 24.1. The average molecular weight is 488 g/mol. The van der Waals surface area contributed by atoms with Gasteiger partial charge in [0, 0.05) is 57.0 Å². The molecular formula is C23H29N5O5S. The highest BCUT2D eigenvalue weighted by Crippen LogP contribution is 2.28. The molecule has 1 N–H and O–H groups in total. The second-order valence-corrected chi connectivity index (χ2v) is 10.7. The number of sulfonamides is 1. The Hall–Kier alpha value is -3.05. The van der Waals surface area contributed by atoms with Gasteiger partial charge in [0.15, 0.2) is 0 Å². The first-order valence-corrected chi connectivity index (χ1v) is 12.9. The van der Waals surface area contributed by atoms with E-state index in [1.54, 1.807) is 13.1 Å². The van der Waals surface area contributed by atoms with Crippen LogP contribution in [0.25, 0.3) is 0 Å². The highest BCUT2D eigenvalue weighted by atomic mass is 32.2. The lowest BCUT2D eigenvalue weighted by Gasteiger charge is -2.31. The van der Waals surface area contributed by atoms with Crippen LogP contribution in [0.2, 0.25) is 0 Å². The van der Waals surface area contributed by atoms with Crippen molar-refractivity contribution in [2.75, 3.05) is 31.1 Å². The number of anilines is 1. The van der Waals surface area contributed by atoms with Crippen molar-refractivity contribution in [1.82, 2.24) is 14.6 Å². The zero-order valence-electron chi connectivity index (χ0n) is 19.1. The largest absolute Gasteiger partial charge is 0.357 e. The van der Waals surface area contributed by atoms with Crippen LogP contribution in [0.3, 0.4) is 0 Å². The summed E-state index contributed by atoms with van der Waals surface area (Å²) in [4.78, 5) is 29.8. The molecule has 0 bridgehead atoms. The van der Waals surface area contributed by atoms with Crippen LogP contribution in [-0.2, 0) is 21.4 Å². The van der Waals surface area contributed by atoms with Gasteiger partial charge in [-0.15, -0.1) is 0 Å². The van der Waals surface area contributed by atoms with Crippen LogP contribution in [-0.4, -0.2) is 54.7 Å². The third-order valence-corrected chi connectivity index (χ3v) is 8.57. The summed E-state index contributed by atoms with van der Waals surface area (Å²) in [5.74, 6) is 0.555. The lowest BCUT2D eigenvalue weighted by atomic mass is 9.97. The minimum atomic E-state index is -3.88.